The van der Waals surface area contributed by atoms with Crippen LogP contribution in [0, 0.1) is 10.7 Å². The van der Waals surface area contributed by atoms with Crippen LogP contribution in [0.25, 0.3) is 5.00 Å². The van der Waals surface area contributed by atoms with Crippen molar-refractivity contribution < 1.29 is 42.4 Å². The van der Waals surface area contributed by atoms with Crippen LogP contribution in [0.2, 0.25) is 0 Å². The third-order valence-electron chi connectivity index (χ3n) is 3.68. The normalized spacial score (nSPS) is 11.7. The van der Waals surface area contributed by atoms with Crippen molar-refractivity contribution in [1.29, 1.82) is 0 Å². The molecule has 0 atom stereocenters. The molecule has 0 unspecified atom stereocenters. The number of aryl methyl sites for hydroxylation is 1. The van der Waals surface area contributed by atoms with E-state index in [1.807, 2.05) is 0 Å². The number of thiophene rings is 1. The molecule has 136 valence electrons. The van der Waals surface area contributed by atoms with Crippen molar-refractivity contribution in [3.8, 4) is 5.00 Å². The van der Waals surface area contributed by atoms with Crippen molar-refractivity contribution in [2.45, 2.75) is 19.6 Å². The Morgan fingerprint density at radius 3 is 2.50 bits per heavy atom. The number of halogens is 3. The fraction of sp³-hybridized carbons (Fsp3) is 0.188. The molecule has 0 spiro atoms. The molecule has 0 aliphatic carbocycles. The maximum absolute atomic E-state index is 12.6. The van der Waals surface area contributed by atoms with Crippen molar-refractivity contribution in [3.05, 3.63) is 62.0 Å². The zero-order valence-electron chi connectivity index (χ0n) is 13.3. The van der Waals surface area contributed by atoms with Gasteiger partial charge < -0.3 is 0 Å². The summed E-state index contributed by atoms with van der Waals surface area (Å²) in [6, 6.07) is 6.75. The molecule has 10 heteroatoms. The molecule has 2 aromatic heterocycles. The van der Waals surface area contributed by atoms with Gasteiger partial charge in [-0.2, -0.15) is 0 Å². The van der Waals surface area contributed by atoms with Crippen LogP contribution >= 0.6 is 11.3 Å². The van der Waals surface area contributed by atoms with Crippen LogP contribution in [0.15, 0.2) is 36.7 Å². The first kappa shape index (κ1) is 18.8. The van der Waals surface area contributed by atoms with E-state index in [2.05, 4.69) is 5.10 Å². The second-order valence-corrected chi connectivity index (χ2v) is 7.88. The Kier molecular flexibility index (Phi) is 5.03. The number of nitrogens with zero attached hydrogens (tertiary/aromatic N) is 3. The number of aromatic carboxylic acids is 1. The summed E-state index contributed by atoms with van der Waals surface area (Å²) in [6.45, 7) is 2.07. The summed E-state index contributed by atoms with van der Waals surface area (Å²) < 4.78 is 42.2. The number of hydrogen-bond donors (Lipinski definition) is 1. The van der Waals surface area contributed by atoms with Gasteiger partial charge in [0.05, 0.1) is 0 Å². The van der Waals surface area contributed by atoms with Crippen LogP contribution in [-0.2, 0) is 32.1 Å². The van der Waals surface area contributed by atoms with E-state index in [-0.39, 0.29) is 4.88 Å². The summed E-state index contributed by atoms with van der Waals surface area (Å²) in [5.41, 5.74) is 0.689. The van der Waals surface area contributed by atoms with E-state index in [0.29, 0.717) is 17.7 Å². The Bertz CT molecular complexity index is 1020. The molecule has 0 amide bonds. The second-order valence-electron chi connectivity index (χ2n) is 5.54. The molecule has 0 bridgehead atoms. The Labute approximate surface area is 160 Å². The Hall–Kier alpha value is -1.99. The Morgan fingerprint density at radius 2 is 1.96 bits per heavy atom. The molecule has 3 aromatic rings. The number of carbonyl (C=O) groups is 1. The van der Waals surface area contributed by atoms with Crippen LogP contribution in [0.5, 0.6) is 0 Å². The third-order valence-corrected chi connectivity index (χ3v) is 6.37. The van der Waals surface area contributed by atoms with E-state index >= 15 is 0 Å². The number of alkyl halides is 3. The van der Waals surface area contributed by atoms with Crippen LogP contribution < -0.4 is 0 Å². The number of benzene rings is 1. The molecule has 3 rings (SSSR count). The van der Waals surface area contributed by atoms with Gasteiger partial charge in [-0.3, -0.25) is 0 Å². The van der Waals surface area contributed by atoms with Gasteiger partial charge >= 0.3 is 161 Å². The van der Waals surface area contributed by atoms with Gasteiger partial charge in [-0.05, 0) is 0 Å². The van der Waals surface area contributed by atoms with Gasteiger partial charge in [-0.25, -0.2) is 0 Å². The molecular formula is C16H12F3N3O2SW. The van der Waals surface area contributed by atoms with Crippen molar-refractivity contribution in [1.82, 2.24) is 14.3 Å². The zero-order valence-corrected chi connectivity index (χ0v) is 17.1. The Balaban J connectivity index is 1.87. The predicted octanol–water partition coefficient (Wildman–Crippen LogP) is 3.89. The second kappa shape index (κ2) is 6.96. The standard InChI is InChI=1S/C16H12F3N3O2S.W/c1-10-6-13(25-14(10)15(23)24)21-8-20-22(9-21)7-11-2-4-12(5-3-11)16(17,18)19;/h2-6,8H,7H2,1H3,(H,23,24);. The van der Waals surface area contributed by atoms with Gasteiger partial charge in [0.1, 0.15) is 0 Å². The first-order valence-corrected chi connectivity index (χ1v) is 9.60. The minimum atomic E-state index is -4.35. The molecule has 26 heavy (non-hydrogen) atoms. The van der Waals surface area contributed by atoms with Crippen LogP contribution in [0.3, 0.4) is 0 Å². The summed E-state index contributed by atoms with van der Waals surface area (Å²) in [7, 11) is 0. The number of aromatic nitrogens is 3. The molecule has 0 fully saturated rings. The number of carboxylic acid groups (broad SMARTS) is 1. The predicted molar refractivity (Wildman–Crippen MR) is 84.9 cm³/mol. The molecular weight excluding hydrogens is 539 g/mol. The van der Waals surface area contributed by atoms with Crippen molar-refractivity contribution >= 4 is 17.3 Å². The van der Waals surface area contributed by atoms with Gasteiger partial charge in [-0.1, -0.05) is 0 Å². The zero-order chi connectivity index (χ0) is 19.1. The van der Waals surface area contributed by atoms with Crippen LogP contribution in [0.1, 0.15) is 26.4 Å². The summed E-state index contributed by atoms with van der Waals surface area (Å²) in [4.78, 5) is 11.5. The van der Waals surface area contributed by atoms with Crippen LogP contribution in [-0.4, -0.2) is 25.4 Å². The average Bonchev–Trinajstić information content (AvgIpc) is 3.11. The summed E-state index contributed by atoms with van der Waals surface area (Å²) >= 11 is 2.26. The van der Waals surface area contributed by atoms with Gasteiger partial charge in [-0.15, -0.1) is 0 Å². The van der Waals surface area contributed by atoms with E-state index in [1.165, 1.54) is 12.1 Å². The first-order chi connectivity index (χ1) is 12.2. The van der Waals surface area contributed by atoms with Gasteiger partial charge in [0, 0.05) is 0 Å². The molecule has 1 N–H and O–H groups in total. The number of hydrogen-bond acceptors (Lipinski definition) is 3. The number of carboxylic acids is 1. The quantitative estimate of drug-likeness (QED) is 0.536. The fourth-order valence-corrected chi connectivity index (χ4v) is 4.50. The van der Waals surface area contributed by atoms with E-state index in [1.54, 1.807) is 28.6 Å². The average molecular weight is 551 g/mol. The Morgan fingerprint density at radius 1 is 1.31 bits per heavy atom. The molecule has 0 aliphatic rings. The molecule has 0 aliphatic heterocycles. The minimum absolute atomic E-state index is 0.275. The maximum atomic E-state index is 12.6. The molecule has 1 aromatic carbocycles. The molecule has 2 heterocycles. The van der Waals surface area contributed by atoms with E-state index < -0.39 is 17.7 Å². The summed E-state index contributed by atoms with van der Waals surface area (Å²) in [5.74, 6) is -0.971. The summed E-state index contributed by atoms with van der Waals surface area (Å²) in [6.07, 6.45) is -2.77. The van der Waals surface area contributed by atoms with E-state index in [0.717, 1.165) is 51.6 Å². The van der Waals surface area contributed by atoms with Crippen LogP contribution in [0.4, 0.5) is 13.2 Å². The molecule has 0 saturated heterocycles. The van der Waals surface area contributed by atoms with Crippen molar-refractivity contribution in [2.75, 3.05) is 0 Å². The fourth-order valence-electron chi connectivity index (χ4n) is 2.37. The first-order valence-electron chi connectivity index (χ1n) is 7.31. The SMILES string of the molecule is Cc1cc(-n2cnn(Cc3ccc(C(F)(F)F)cc3)[c]2=[W])sc1C(=O)O. The monoisotopic (exact) mass is 551 g/mol. The van der Waals surface area contributed by atoms with Gasteiger partial charge in [0.15, 0.2) is 0 Å². The van der Waals surface area contributed by atoms with Gasteiger partial charge in [0.25, 0.3) is 0 Å². The summed E-state index contributed by atoms with van der Waals surface area (Å²) in [5, 5.41) is 14.2. The van der Waals surface area contributed by atoms with E-state index in [4.69, 9.17) is 0 Å². The van der Waals surface area contributed by atoms with Gasteiger partial charge in [0.2, 0.25) is 0 Å². The number of rotatable bonds is 4. The van der Waals surface area contributed by atoms with Crippen molar-refractivity contribution in [2.24, 2.45) is 0 Å². The molecule has 0 radical (unpaired) electrons. The topological polar surface area (TPSA) is 60.0 Å². The molecule has 5 nitrogen and oxygen atoms in total. The molecule has 0 saturated carbocycles. The third kappa shape index (κ3) is 3.73. The van der Waals surface area contributed by atoms with E-state index in [9.17, 15) is 23.1 Å². The van der Waals surface area contributed by atoms with Crippen molar-refractivity contribution in [3.63, 3.8) is 0 Å².